The molecule has 1 N–H and O–H groups in total. The van der Waals surface area contributed by atoms with E-state index in [4.69, 9.17) is 14.2 Å². The molecule has 1 heterocycles. The molecule has 1 unspecified atom stereocenters. The first kappa shape index (κ1) is 15.6. The second kappa shape index (κ2) is 7.31. The van der Waals surface area contributed by atoms with Crippen LogP contribution < -0.4 is 14.8 Å². The van der Waals surface area contributed by atoms with Crippen molar-refractivity contribution in [3.63, 3.8) is 0 Å². The number of methoxy groups -OCH3 is 1. The van der Waals surface area contributed by atoms with Crippen molar-refractivity contribution in [3.05, 3.63) is 23.8 Å². The van der Waals surface area contributed by atoms with Gasteiger partial charge >= 0.3 is 5.97 Å². The molecule has 1 atom stereocenters. The van der Waals surface area contributed by atoms with Gasteiger partial charge in [-0.3, -0.25) is 4.79 Å². The lowest BCUT2D eigenvalue weighted by Gasteiger charge is -2.20. The predicted octanol–water partition coefficient (Wildman–Crippen LogP) is 2.14. The Balaban J connectivity index is 2.02. The normalized spacial score (nSPS) is 15.4. The first-order valence-corrected chi connectivity index (χ1v) is 7.31. The van der Waals surface area contributed by atoms with E-state index in [2.05, 4.69) is 5.32 Å². The quantitative estimate of drug-likeness (QED) is 0.843. The van der Waals surface area contributed by atoms with Gasteiger partial charge in [0, 0.05) is 13.0 Å². The van der Waals surface area contributed by atoms with Crippen LogP contribution in [0.2, 0.25) is 0 Å². The minimum absolute atomic E-state index is 0.165. The molecule has 5 heteroatoms. The lowest BCUT2D eigenvalue weighted by Crippen LogP contribution is -2.41. The molecule has 0 saturated carbocycles. The summed E-state index contributed by atoms with van der Waals surface area (Å²) in [6, 6.07) is 5.54. The van der Waals surface area contributed by atoms with Crippen LogP contribution in [0.3, 0.4) is 0 Å². The smallest absolute Gasteiger partial charge is 0.323 e. The molecule has 0 spiro atoms. The summed E-state index contributed by atoms with van der Waals surface area (Å²) in [6.45, 7) is 5.91. The Morgan fingerprint density at radius 2 is 2.00 bits per heavy atom. The fraction of sp³-hybridized carbons (Fsp3) is 0.562. The zero-order valence-electron chi connectivity index (χ0n) is 12.8. The molecule has 2 rings (SSSR count). The number of nitrogens with one attached hydrogen (secondary N) is 1. The van der Waals surface area contributed by atoms with Crippen molar-refractivity contribution in [2.75, 3.05) is 20.3 Å². The van der Waals surface area contributed by atoms with Crippen LogP contribution in [0.15, 0.2) is 18.2 Å². The molecule has 1 aromatic rings. The molecule has 5 nitrogen and oxygen atoms in total. The van der Waals surface area contributed by atoms with E-state index in [0.29, 0.717) is 19.8 Å². The highest BCUT2D eigenvalue weighted by atomic mass is 16.5. The predicted molar refractivity (Wildman–Crippen MR) is 79.5 cm³/mol. The van der Waals surface area contributed by atoms with E-state index in [-0.39, 0.29) is 17.9 Å². The largest absolute Gasteiger partial charge is 0.490 e. The molecule has 0 fully saturated rings. The van der Waals surface area contributed by atoms with Gasteiger partial charge in [0.1, 0.15) is 6.04 Å². The Labute approximate surface area is 125 Å². The summed E-state index contributed by atoms with van der Waals surface area (Å²) in [5.74, 6) is 1.48. The minimum Gasteiger partial charge on any atom is -0.490 e. The van der Waals surface area contributed by atoms with Crippen molar-refractivity contribution in [2.45, 2.75) is 32.9 Å². The highest BCUT2D eigenvalue weighted by Gasteiger charge is 2.22. The first-order chi connectivity index (χ1) is 10.1. The number of hydrogen-bond donors (Lipinski definition) is 1. The number of fused-ring (bicyclic) bond motifs is 1. The van der Waals surface area contributed by atoms with Crippen LogP contribution in [0.25, 0.3) is 0 Å². The standard InChI is InChI=1S/C16H23NO4/c1-11(2)15(16(18)19-3)17-10-12-5-6-13-14(9-12)21-8-4-7-20-13/h5-6,9,11,15,17H,4,7-8,10H2,1-3H3. The molecule has 0 bridgehead atoms. The van der Waals surface area contributed by atoms with Gasteiger partial charge in [0.2, 0.25) is 0 Å². The highest BCUT2D eigenvalue weighted by Crippen LogP contribution is 2.30. The molecule has 0 amide bonds. The van der Waals surface area contributed by atoms with Crippen LogP contribution in [0.1, 0.15) is 25.8 Å². The topological polar surface area (TPSA) is 56.8 Å². The second-order valence-corrected chi connectivity index (χ2v) is 5.46. The Bertz CT molecular complexity index is 487. The van der Waals surface area contributed by atoms with Crippen molar-refractivity contribution < 1.29 is 19.0 Å². The fourth-order valence-electron chi connectivity index (χ4n) is 2.26. The summed E-state index contributed by atoms with van der Waals surface area (Å²) in [7, 11) is 1.41. The van der Waals surface area contributed by atoms with Gasteiger partial charge in [-0.2, -0.15) is 0 Å². The summed E-state index contributed by atoms with van der Waals surface area (Å²) >= 11 is 0. The monoisotopic (exact) mass is 293 g/mol. The van der Waals surface area contributed by atoms with Gasteiger partial charge < -0.3 is 19.5 Å². The highest BCUT2D eigenvalue weighted by molar-refractivity contribution is 5.75. The van der Waals surface area contributed by atoms with Crippen molar-refractivity contribution in [3.8, 4) is 11.5 Å². The van der Waals surface area contributed by atoms with Crippen LogP contribution in [0.5, 0.6) is 11.5 Å². The SMILES string of the molecule is COC(=O)C(NCc1ccc2c(c1)OCCCO2)C(C)C. The van der Waals surface area contributed by atoms with Gasteiger partial charge in [-0.1, -0.05) is 19.9 Å². The summed E-state index contributed by atoms with van der Waals surface area (Å²) in [4.78, 5) is 11.7. The van der Waals surface area contributed by atoms with Crippen LogP contribution in [0, 0.1) is 5.92 Å². The Kier molecular flexibility index (Phi) is 5.44. The third-order valence-electron chi connectivity index (χ3n) is 3.46. The van der Waals surface area contributed by atoms with Crippen LogP contribution in [-0.4, -0.2) is 32.3 Å². The number of ether oxygens (including phenoxy) is 3. The summed E-state index contributed by atoms with van der Waals surface area (Å²) < 4.78 is 16.1. The lowest BCUT2D eigenvalue weighted by atomic mass is 10.0. The van der Waals surface area contributed by atoms with E-state index in [0.717, 1.165) is 23.5 Å². The Hall–Kier alpha value is -1.75. The molecule has 0 aliphatic carbocycles. The van der Waals surface area contributed by atoms with Gasteiger partial charge in [-0.05, 0) is 23.6 Å². The van der Waals surface area contributed by atoms with Crippen LogP contribution >= 0.6 is 0 Å². The molecule has 1 aliphatic rings. The zero-order chi connectivity index (χ0) is 15.2. The maximum absolute atomic E-state index is 11.7. The van der Waals surface area contributed by atoms with Crippen LogP contribution in [0.4, 0.5) is 0 Å². The van der Waals surface area contributed by atoms with Crippen molar-refractivity contribution in [2.24, 2.45) is 5.92 Å². The molecule has 1 aliphatic heterocycles. The number of hydrogen-bond acceptors (Lipinski definition) is 5. The molecular weight excluding hydrogens is 270 g/mol. The van der Waals surface area contributed by atoms with E-state index < -0.39 is 0 Å². The van der Waals surface area contributed by atoms with Gasteiger partial charge in [0.25, 0.3) is 0 Å². The number of benzene rings is 1. The molecule has 0 aromatic heterocycles. The Morgan fingerprint density at radius 3 is 2.67 bits per heavy atom. The molecule has 116 valence electrons. The molecule has 1 aromatic carbocycles. The van der Waals surface area contributed by atoms with E-state index in [1.165, 1.54) is 7.11 Å². The van der Waals surface area contributed by atoms with Crippen molar-refractivity contribution in [1.29, 1.82) is 0 Å². The third kappa shape index (κ3) is 4.11. The summed E-state index contributed by atoms with van der Waals surface area (Å²) in [5.41, 5.74) is 1.05. The maximum Gasteiger partial charge on any atom is 0.323 e. The number of rotatable bonds is 5. The van der Waals surface area contributed by atoms with E-state index in [9.17, 15) is 4.79 Å². The molecular formula is C16H23NO4. The summed E-state index contributed by atoms with van der Waals surface area (Å²) in [6.07, 6.45) is 0.889. The van der Waals surface area contributed by atoms with Gasteiger partial charge in [-0.15, -0.1) is 0 Å². The van der Waals surface area contributed by atoms with E-state index in [1.807, 2.05) is 32.0 Å². The Morgan fingerprint density at radius 1 is 1.29 bits per heavy atom. The van der Waals surface area contributed by atoms with Gasteiger partial charge in [0.15, 0.2) is 11.5 Å². The van der Waals surface area contributed by atoms with Crippen molar-refractivity contribution >= 4 is 5.97 Å². The number of carbonyl (C=O) groups excluding carboxylic acids is 1. The molecule has 0 saturated heterocycles. The minimum atomic E-state index is -0.314. The average Bonchev–Trinajstić information content (AvgIpc) is 2.71. The van der Waals surface area contributed by atoms with Gasteiger partial charge in [0.05, 0.1) is 20.3 Å². The maximum atomic E-state index is 11.7. The zero-order valence-corrected chi connectivity index (χ0v) is 12.8. The van der Waals surface area contributed by atoms with Crippen molar-refractivity contribution in [1.82, 2.24) is 5.32 Å². The van der Waals surface area contributed by atoms with E-state index in [1.54, 1.807) is 0 Å². The fourth-order valence-corrected chi connectivity index (χ4v) is 2.26. The van der Waals surface area contributed by atoms with E-state index >= 15 is 0 Å². The first-order valence-electron chi connectivity index (χ1n) is 7.31. The third-order valence-corrected chi connectivity index (χ3v) is 3.46. The second-order valence-electron chi connectivity index (χ2n) is 5.46. The van der Waals surface area contributed by atoms with Gasteiger partial charge in [-0.25, -0.2) is 0 Å². The number of esters is 1. The summed E-state index contributed by atoms with van der Waals surface area (Å²) in [5, 5.41) is 3.24. The molecule has 0 radical (unpaired) electrons. The average molecular weight is 293 g/mol. The lowest BCUT2D eigenvalue weighted by molar-refractivity contribution is -0.144. The van der Waals surface area contributed by atoms with Crippen LogP contribution in [-0.2, 0) is 16.1 Å². The molecule has 21 heavy (non-hydrogen) atoms. The number of carbonyl (C=O) groups is 1.